The summed E-state index contributed by atoms with van der Waals surface area (Å²) in [7, 11) is 1.62. The maximum absolute atomic E-state index is 14.2. The third-order valence-corrected chi connectivity index (χ3v) is 5.65. The van der Waals surface area contributed by atoms with Crippen LogP contribution in [0.4, 0.5) is 4.39 Å². The number of rotatable bonds is 6. The zero-order chi connectivity index (χ0) is 24.6. The number of carbonyl (C=O) groups is 1. The van der Waals surface area contributed by atoms with E-state index in [1.807, 2.05) is 30.5 Å². The summed E-state index contributed by atoms with van der Waals surface area (Å²) < 4.78 is 27.7. The summed E-state index contributed by atoms with van der Waals surface area (Å²) in [4.78, 5) is 17.9. The van der Waals surface area contributed by atoms with E-state index < -0.39 is 0 Å². The molecule has 34 heavy (non-hydrogen) atoms. The van der Waals surface area contributed by atoms with Crippen LogP contribution in [0.15, 0.2) is 36.4 Å². The maximum atomic E-state index is 14.2. The van der Waals surface area contributed by atoms with Crippen molar-refractivity contribution in [3.05, 3.63) is 59.2 Å². The van der Waals surface area contributed by atoms with Crippen molar-refractivity contribution in [2.75, 3.05) is 13.7 Å². The molecule has 4 rings (SSSR count). The van der Waals surface area contributed by atoms with Gasteiger partial charge < -0.3 is 14.8 Å². The summed E-state index contributed by atoms with van der Waals surface area (Å²) in [6.45, 7) is 10.6. The Morgan fingerprint density at radius 2 is 1.94 bits per heavy atom. The molecule has 1 N–H and O–H groups in total. The minimum atomic E-state index is -0.358. The molecule has 3 aromatic rings. The lowest BCUT2D eigenvalue weighted by Crippen LogP contribution is -2.33. The molecule has 0 spiro atoms. The largest absolute Gasteiger partial charge is 0.493 e. The molecule has 0 bridgehead atoms. The highest BCUT2D eigenvalue weighted by Crippen LogP contribution is 2.39. The van der Waals surface area contributed by atoms with Crippen LogP contribution in [0, 0.1) is 11.2 Å². The molecule has 2 aromatic carbocycles. The van der Waals surface area contributed by atoms with Gasteiger partial charge in [-0.15, -0.1) is 0 Å². The molecule has 0 atom stereocenters. The van der Waals surface area contributed by atoms with Crippen molar-refractivity contribution >= 4 is 5.91 Å². The smallest absolute Gasteiger partial charge is 0.271 e. The highest BCUT2D eigenvalue weighted by Gasteiger charge is 2.30. The topological polar surface area (TPSA) is 65.4 Å². The fourth-order valence-electron chi connectivity index (χ4n) is 4.13. The van der Waals surface area contributed by atoms with Crippen LogP contribution >= 0.6 is 0 Å². The number of aromatic nitrogens is 2. The second kappa shape index (κ2) is 9.12. The van der Waals surface area contributed by atoms with Gasteiger partial charge in [0.05, 0.1) is 24.6 Å². The Morgan fingerprint density at radius 3 is 2.59 bits per heavy atom. The third kappa shape index (κ3) is 4.79. The molecule has 180 valence electrons. The Morgan fingerprint density at radius 1 is 1.18 bits per heavy atom. The van der Waals surface area contributed by atoms with Crippen LogP contribution in [-0.4, -0.2) is 35.2 Å². The first-order valence-electron chi connectivity index (χ1n) is 11.6. The van der Waals surface area contributed by atoms with Crippen molar-refractivity contribution in [1.29, 1.82) is 0 Å². The van der Waals surface area contributed by atoms with Crippen LogP contribution in [0.1, 0.15) is 56.4 Å². The summed E-state index contributed by atoms with van der Waals surface area (Å²) >= 11 is 0. The number of nitrogens with one attached hydrogen (secondary N) is 1. The van der Waals surface area contributed by atoms with Gasteiger partial charge in [-0.25, -0.2) is 9.37 Å². The maximum Gasteiger partial charge on any atom is 0.271 e. The molecule has 0 radical (unpaired) electrons. The van der Waals surface area contributed by atoms with Gasteiger partial charge >= 0.3 is 0 Å². The quantitative estimate of drug-likeness (QED) is 0.533. The molecular weight excluding hydrogens is 433 g/mol. The average Bonchev–Trinajstić information content (AvgIpc) is 3.16. The molecule has 1 amide bonds. The van der Waals surface area contributed by atoms with Gasteiger partial charge in [0, 0.05) is 18.2 Å². The molecule has 0 saturated heterocycles. The average molecular weight is 466 g/mol. The number of carbonyl (C=O) groups excluding carboxylic acids is 1. The molecule has 7 heteroatoms. The van der Waals surface area contributed by atoms with Gasteiger partial charge in [0.15, 0.2) is 11.5 Å². The number of hydrogen-bond acceptors (Lipinski definition) is 4. The van der Waals surface area contributed by atoms with Crippen molar-refractivity contribution < 1.29 is 18.7 Å². The van der Waals surface area contributed by atoms with Gasteiger partial charge in [-0.1, -0.05) is 32.9 Å². The highest BCUT2D eigenvalue weighted by atomic mass is 19.1. The number of imidazole rings is 1. The van der Waals surface area contributed by atoms with Crippen molar-refractivity contribution in [3.8, 4) is 28.6 Å². The van der Waals surface area contributed by atoms with E-state index in [0.29, 0.717) is 41.5 Å². The van der Waals surface area contributed by atoms with Crippen molar-refractivity contribution in [2.24, 2.45) is 5.41 Å². The molecular formula is C27H32FN3O3. The van der Waals surface area contributed by atoms with Crippen molar-refractivity contribution in [3.63, 3.8) is 0 Å². The number of hydrogen-bond donors (Lipinski definition) is 1. The van der Waals surface area contributed by atoms with Gasteiger partial charge in [0.25, 0.3) is 5.91 Å². The number of halogens is 1. The number of methoxy groups -OCH3 is 1. The minimum absolute atomic E-state index is 0.0424. The summed E-state index contributed by atoms with van der Waals surface area (Å²) in [5, 5.41) is 3.01. The number of aryl methyl sites for hydroxylation is 1. The Hall–Kier alpha value is -3.35. The predicted molar refractivity (Wildman–Crippen MR) is 130 cm³/mol. The molecule has 0 fully saturated rings. The van der Waals surface area contributed by atoms with Crippen LogP contribution in [0.25, 0.3) is 17.1 Å². The fourth-order valence-corrected chi connectivity index (χ4v) is 4.13. The molecule has 0 saturated carbocycles. The van der Waals surface area contributed by atoms with E-state index >= 15 is 0 Å². The highest BCUT2D eigenvalue weighted by molar-refractivity contribution is 5.95. The zero-order valence-corrected chi connectivity index (χ0v) is 20.7. The van der Waals surface area contributed by atoms with Crippen molar-refractivity contribution in [2.45, 2.75) is 53.6 Å². The molecule has 1 aromatic heterocycles. The normalized spacial score (nSPS) is 12.8. The van der Waals surface area contributed by atoms with Gasteiger partial charge in [-0.05, 0) is 55.9 Å². The van der Waals surface area contributed by atoms with E-state index in [4.69, 9.17) is 14.5 Å². The lowest BCUT2D eigenvalue weighted by molar-refractivity contribution is 0.0933. The Bertz CT molecular complexity index is 1220. The number of ether oxygens (including phenoxy) is 2. The number of fused-ring (bicyclic) bond motifs is 3. The first-order valence-corrected chi connectivity index (χ1v) is 11.6. The first kappa shape index (κ1) is 23.8. The van der Waals surface area contributed by atoms with Crippen LogP contribution in [0.2, 0.25) is 0 Å². The Balaban J connectivity index is 1.90. The zero-order valence-electron chi connectivity index (χ0n) is 20.7. The van der Waals surface area contributed by atoms with E-state index in [9.17, 15) is 9.18 Å². The summed E-state index contributed by atoms with van der Waals surface area (Å²) in [6, 6.07) is 10.2. The summed E-state index contributed by atoms with van der Waals surface area (Å²) in [5.74, 6) is 1.21. The molecule has 6 nitrogen and oxygen atoms in total. The lowest BCUT2D eigenvalue weighted by Gasteiger charge is -2.24. The minimum Gasteiger partial charge on any atom is -0.493 e. The SMILES string of the molecule is COc1cc2c(cc1OC(C)C)-n1c(-c3cccc(F)c3)nc(C(=O)NCC(C)(C)C)c1CC2. The van der Waals surface area contributed by atoms with Crippen LogP contribution < -0.4 is 14.8 Å². The fraction of sp³-hybridized carbons (Fsp3) is 0.407. The van der Waals surface area contributed by atoms with E-state index in [1.165, 1.54) is 12.1 Å². The molecule has 0 unspecified atom stereocenters. The van der Waals surface area contributed by atoms with E-state index in [2.05, 4.69) is 26.1 Å². The second-order valence-corrected chi connectivity index (χ2v) is 10.1. The Labute approximate surface area is 200 Å². The molecule has 2 heterocycles. The van der Waals surface area contributed by atoms with Gasteiger partial charge in [0.1, 0.15) is 17.3 Å². The van der Waals surface area contributed by atoms with Crippen molar-refractivity contribution in [1.82, 2.24) is 14.9 Å². The first-order chi connectivity index (χ1) is 16.1. The van der Waals surface area contributed by atoms with Gasteiger partial charge in [0.2, 0.25) is 0 Å². The summed E-state index contributed by atoms with van der Waals surface area (Å²) in [6.07, 6.45) is 1.31. The third-order valence-electron chi connectivity index (χ3n) is 5.65. The molecule has 0 aliphatic carbocycles. The van der Waals surface area contributed by atoms with Crippen LogP contribution in [-0.2, 0) is 12.8 Å². The molecule has 1 aliphatic rings. The lowest BCUT2D eigenvalue weighted by atomic mass is 9.96. The van der Waals surface area contributed by atoms with Gasteiger partial charge in [-0.3, -0.25) is 9.36 Å². The summed E-state index contributed by atoms with van der Waals surface area (Å²) in [5.41, 5.74) is 3.63. The number of nitrogens with zero attached hydrogens (tertiary/aromatic N) is 2. The van der Waals surface area contributed by atoms with Crippen LogP contribution in [0.3, 0.4) is 0 Å². The monoisotopic (exact) mass is 465 g/mol. The number of benzene rings is 2. The van der Waals surface area contributed by atoms with Crippen LogP contribution in [0.5, 0.6) is 11.5 Å². The molecule has 1 aliphatic heterocycles. The van der Waals surface area contributed by atoms with E-state index in [-0.39, 0.29) is 23.2 Å². The van der Waals surface area contributed by atoms with E-state index in [0.717, 1.165) is 23.4 Å². The second-order valence-electron chi connectivity index (χ2n) is 10.1. The van der Waals surface area contributed by atoms with Gasteiger partial charge in [-0.2, -0.15) is 0 Å². The Kier molecular flexibility index (Phi) is 6.39. The standard InChI is InChI=1S/C27H32FN3O3/c1-16(2)34-23-14-21-17(13-22(23)33-6)10-11-20-24(26(32)29-15-27(3,4)5)30-25(31(20)21)18-8-7-9-19(28)12-18/h7-9,12-14,16H,10-11,15H2,1-6H3,(H,29,32). The van der Waals surface area contributed by atoms with E-state index in [1.54, 1.807) is 19.2 Å². The number of amides is 1. The predicted octanol–water partition coefficient (Wildman–Crippen LogP) is 5.35.